The molecule has 4 nitrogen and oxygen atoms in total. The first kappa shape index (κ1) is 18.8. The fourth-order valence-corrected chi connectivity index (χ4v) is 3.87. The first-order chi connectivity index (χ1) is 14.1. The number of benzene rings is 3. The van der Waals surface area contributed by atoms with Crippen LogP contribution in [0.5, 0.6) is 5.75 Å². The fourth-order valence-electron chi connectivity index (χ4n) is 3.87. The van der Waals surface area contributed by atoms with E-state index in [9.17, 15) is 4.79 Å². The molecule has 0 aliphatic rings. The number of hydrogen-bond donors (Lipinski definition) is 1. The molecule has 146 valence electrons. The number of ether oxygens (including phenoxy) is 1. The lowest BCUT2D eigenvalue weighted by molar-refractivity contribution is -0.139. The van der Waals surface area contributed by atoms with Gasteiger partial charge in [0.15, 0.2) is 6.61 Å². The van der Waals surface area contributed by atoms with Crippen LogP contribution >= 0.6 is 0 Å². The van der Waals surface area contributed by atoms with Crippen molar-refractivity contribution < 1.29 is 14.6 Å². The molecule has 4 rings (SSSR count). The average molecular weight is 385 g/mol. The smallest absolute Gasteiger partial charge is 0.341 e. The number of carbonyl (C=O) groups is 1. The normalized spacial score (nSPS) is 10.9. The second kappa shape index (κ2) is 8.23. The molecule has 0 bridgehead atoms. The Bertz CT molecular complexity index is 1130. The third-order valence-corrected chi connectivity index (χ3v) is 5.19. The van der Waals surface area contributed by atoms with Crippen molar-refractivity contribution in [1.82, 2.24) is 4.57 Å². The van der Waals surface area contributed by atoms with E-state index in [2.05, 4.69) is 60.1 Å². The molecule has 0 spiro atoms. The average Bonchev–Trinajstić information content (AvgIpc) is 3.03. The fraction of sp³-hybridized carbons (Fsp3) is 0.160. The van der Waals surface area contributed by atoms with Crippen LogP contribution in [0.4, 0.5) is 0 Å². The molecule has 0 aliphatic heterocycles. The summed E-state index contributed by atoms with van der Waals surface area (Å²) in [5.41, 5.74) is 6.00. The van der Waals surface area contributed by atoms with E-state index in [4.69, 9.17) is 9.84 Å². The number of rotatable bonds is 7. The second-order valence-electron chi connectivity index (χ2n) is 7.10. The summed E-state index contributed by atoms with van der Waals surface area (Å²) in [5, 5.41) is 10.0. The topological polar surface area (TPSA) is 51.5 Å². The van der Waals surface area contributed by atoms with Gasteiger partial charge in [-0.3, -0.25) is 0 Å². The molecule has 0 saturated carbocycles. The third-order valence-electron chi connectivity index (χ3n) is 5.19. The first-order valence-corrected chi connectivity index (χ1v) is 9.69. The lowest BCUT2D eigenvalue weighted by atomic mass is 9.98. The van der Waals surface area contributed by atoms with Gasteiger partial charge in [0.2, 0.25) is 0 Å². The van der Waals surface area contributed by atoms with Crippen molar-refractivity contribution in [1.29, 1.82) is 0 Å². The zero-order valence-corrected chi connectivity index (χ0v) is 16.3. The Balaban J connectivity index is 1.80. The van der Waals surface area contributed by atoms with Gasteiger partial charge in [-0.05, 0) is 47.7 Å². The summed E-state index contributed by atoms with van der Waals surface area (Å²) in [6.45, 7) is -0.344. The van der Waals surface area contributed by atoms with E-state index in [0.29, 0.717) is 5.75 Å². The Morgan fingerprint density at radius 3 is 2.31 bits per heavy atom. The van der Waals surface area contributed by atoms with Crippen LogP contribution in [0.25, 0.3) is 22.2 Å². The molecule has 4 heteroatoms. The van der Waals surface area contributed by atoms with Gasteiger partial charge in [0, 0.05) is 18.0 Å². The van der Waals surface area contributed by atoms with Gasteiger partial charge < -0.3 is 14.4 Å². The molecule has 1 heterocycles. The quantitative estimate of drug-likeness (QED) is 0.482. The van der Waals surface area contributed by atoms with Gasteiger partial charge in [-0.25, -0.2) is 4.79 Å². The van der Waals surface area contributed by atoms with Crippen LogP contribution in [0.15, 0.2) is 78.9 Å². The zero-order valence-electron chi connectivity index (χ0n) is 16.3. The van der Waals surface area contributed by atoms with Gasteiger partial charge in [0.05, 0.1) is 5.69 Å². The second-order valence-corrected chi connectivity index (χ2v) is 7.10. The highest BCUT2D eigenvalue weighted by atomic mass is 16.5. The Morgan fingerprint density at radius 1 is 0.931 bits per heavy atom. The number of aromatic nitrogens is 1. The summed E-state index contributed by atoms with van der Waals surface area (Å²) in [7, 11) is 2.08. The zero-order chi connectivity index (χ0) is 20.2. The maximum atomic E-state index is 10.9. The molecule has 0 unspecified atom stereocenters. The molecule has 0 fully saturated rings. The van der Waals surface area contributed by atoms with Crippen LogP contribution in [-0.2, 0) is 24.7 Å². The van der Waals surface area contributed by atoms with Crippen molar-refractivity contribution in [3.05, 3.63) is 90.0 Å². The van der Waals surface area contributed by atoms with Crippen LogP contribution in [0, 0.1) is 0 Å². The minimum absolute atomic E-state index is 0.344. The molecule has 1 aromatic heterocycles. The highest BCUT2D eigenvalue weighted by Crippen LogP contribution is 2.35. The molecule has 29 heavy (non-hydrogen) atoms. The Hall–Kier alpha value is -3.53. The molecule has 3 aromatic carbocycles. The molecular weight excluding hydrogens is 362 g/mol. The molecule has 0 atom stereocenters. The Labute approximate surface area is 170 Å². The Morgan fingerprint density at radius 2 is 1.62 bits per heavy atom. The largest absolute Gasteiger partial charge is 0.482 e. The van der Waals surface area contributed by atoms with Gasteiger partial charge in [0.1, 0.15) is 5.75 Å². The summed E-state index contributed by atoms with van der Waals surface area (Å²) >= 11 is 0. The van der Waals surface area contributed by atoms with Gasteiger partial charge in [0.25, 0.3) is 0 Å². The highest BCUT2D eigenvalue weighted by Gasteiger charge is 2.17. The van der Waals surface area contributed by atoms with E-state index in [1.807, 2.05) is 30.3 Å². The molecule has 0 aliphatic carbocycles. The van der Waals surface area contributed by atoms with E-state index < -0.39 is 5.97 Å². The van der Waals surface area contributed by atoms with Crippen molar-refractivity contribution in [3.63, 3.8) is 0 Å². The number of nitrogens with zero attached hydrogens (tertiary/aromatic N) is 1. The van der Waals surface area contributed by atoms with Crippen molar-refractivity contribution >= 4 is 16.9 Å². The van der Waals surface area contributed by atoms with Crippen LogP contribution < -0.4 is 4.74 Å². The van der Waals surface area contributed by atoms with Crippen molar-refractivity contribution in [3.8, 4) is 17.0 Å². The van der Waals surface area contributed by atoms with Crippen molar-refractivity contribution in [2.45, 2.75) is 12.8 Å². The maximum absolute atomic E-state index is 10.9. The maximum Gasteiger partial charge on any atom is 0.341 e. The molecule has 0 saturated heterocycles. The minimum atomic E-state index is -0.979. The standard InChI is InChI=1S/C25H23NO3/c1-26-23-15-13-20(29-17-24(27)28)16-22(23)21(14-12-18-8-4-2-5-9-18)25(26)19-10-6-3-7-11-19/h2-11,13,15-16H,12,14,17H2,1H3,(H,27,28). The van der Waals surface area contributed by atoms with Crippen molar-refractivity contribution in [2.75, 3.05) is 6.61 Å². The van der Waals surface area contributed by atoms with Crippen LogP contribution in [0.1, 0.15) is 11.1 Å². The highest BCUT2D eigenvalue weighted by molar-refractivity contribution is 5.93. The van der Waals surface area contributed by atoms with E-state index in [0.717, 1.165) is 23.7 Å². The number of aryl methyl sites for hydroxylation is 3. The molecule has 0 amide bonds. The minimum Gasteiger partial charge on any atom is -0.482 e. The number of hydrogen-bond acceptors (Lipinski definition) is 2. The lowest BCUT2D eigenvalue weighted by Gasteiger charge is -2.09. The van der Waals surface area contributed by atoms with E-state index in [-0.39, 0.29) is 6.61 Å². The van der Waals surface area contributed by atoms with Crippen molar-refractivity contribution in [2.24, 2.45) is 7.05 Å². The summed E-state index contributed by atoms with van der Waals surface area (Å²) in [4.78, 5) is 10.9. The molecular formula is C25H23NO3. The molecule has 0 radical (unpaired) electrons. The SMILES string of the molecule is Cn1c(-c2ccccc2)c(CCc2ccccc2)c2cc(OCC(=O)O)ccc21. The third kappa shape index (κ3) is 4.02. The molecule has 1 N–H and O–H groups in total. The predicted octanol–water partition coefficient (Wildman–Crippen LogP) is 5.09. The van der Waals surface area contributed by atoms with Gasteiger partial charge in [-0.15, -0.1) is 0 Å². The monoisotopic (exact) mass is 385 g/mol. The van der Waals surface area contributed by atoms with Gasteiger partial charge in [-0.1, -0.05) is 60.7 Å². The summed E-state index contributed by atoms with van der Waals surface area (Å²) in [5.74, 6) is -0.404. The number of carboxylic acids is 1. The number of aliphatic carboxylic acids is 1. The first-order valence-electron chi connectivity index (χ1n) is 9.69. The number of fused-ring (bicyclic) bond motifs is 1. The van der Waals surface area contributed by atoms with Gasteiger partial charge in [-0.2, -0.15) is 0 Å². The summed E-state index contributed by atoms with van der Waals surface area (Å²) < 4.78 is 7.65. The number of carboxylic acid groups (broad SMARTS) is 1. The lowest BCUT2D eigenvalue weighted by Crippen LogP contribution is -2.09. The van der Waals surface area contributed by atoms with Crippen LogP contribution in [0.3, 0.4) is 0 Å². The van der Waals surface area contributed by atoms with E-state index in [1.165, 1.54) is 22.4 Å². The predicted molar refractivity (Wildman–Crippen MR) is 115 cm³/mol. The van der Waals surface area contributed by atoms with Crippen LogP contribution in [-0.4, -0.2) is 22.2 Å². The van der Waals surface area contributed by atoms with E-state index in [1.54, 1.807) is 0 Å². The summed E-state index contributed by atoms with van der Waals surface area (Å²) in [6, 6.07) is 26.6. The van der Waals surface area contributed by atoms with Gasteiger partial charge >= 0.3 is 5.97 Å². The Kier molecular flexibility index (Phi) is 5.34. The summed E-state index contributed by atoms with van der Waals surface area (Å²) in [6.07, 6.45) is 1.81. The van der Waals surface area contributed by atoms with Crippen LogP contribution in [0.2, 0.25) is 0 Å². The van der Waals surface area contributed by atoms with E-state index >= 15 is 0 Å². The molecule has 4 aromatic rings.